The predicted octanol–water partition coefficient (Wildman–Crippen LogP) is 1.40. The Bertz CT molecular complexity index is 359. The van der Waals surface area contributed by atoms with Gasteiger partial charge in [-0.25, -0.2) is 0 Å². The number of aliphatic hydroxyl groups is 1. The maximum atomic E-state index is 12.7. The van der Waals surface area contributed by atoms with E-state index in [0.717, 1.165) is 25.7 Å². The van der Waals surface area contributed by atoms with E-state index < -0.39 is 5.60 Å². The third kappa shape index (κ3) is 4.67. The zero-order valence-electron chi connectivity index (χ0n) is 14.3. The number of hydrogen-bond acceptors (Lipinski definition) is 4. The zero-order chi connectivity index (χ0) is 16.2. The van der Waals surface area contributed by atoms with E-state index in [1.165, 1.54) is 0 Å². The largest absolute Gasteiger partial charge is 0.389 e. The Balaban J connectivity index is 1.89. The van der Waals surface area contributed by atoms with Gasteiger partial charge in [-0.1, -0.05) is 20.8 Å². The Morgan fingerprint density at radius 1 is 1.32 bits per heavy atom. The molecule has 0 spiro atoms. The molecule has 0 aromatic rings. The van der Waals surface area contributed by atoms with Crippen molar-refractivity contribution in [2.24, 2.45) is 11.8 Å². The minimum atomic E-state index is -0.648. The van der Waals surface area contributed by atoms with Gasteiger partial charge in [0.2, 0.25) is 5.91 Å². The molecule has 1 unspecified atom stereocenters. The fourth-order valence-electron chi connectivity index (χ4n) is 3.36. The van der Waals surface area contributed by atoms with E-state index in [1.54, 1.807) is 0 Å². The summed E-state index contributed by atoms with van der Waals surface area (Å²) in [6.07, 6.45) is 3.80. The van der Waals surface area contributed by atoms with E-state index in [1.807, 2.05) is 4.90 Å². The van der Waals surface area contributed by atoms with Crippen molar-refractivity contribution in [3.05, 3.63) is 0 Å². The van der Waals surface area contributed by atoms with Crippen LogP contribution in [-0.4, -0.2) is 60.4 Å². The number of amides is 1. The number of hydrogen-bond donors (Lipinski definition) is 2. The van der Waals surface area contributed by atoms with Gasteiger partial charge >= 0.3 is 0 Å². The highest BCUT2D eigenvalue weighted by atomic mass is 16.5. The molecule has 5 heteroatoms. The monoisotopic (exact) mass is 312 g/mol. The molecule has 0 radical (unpaired) electrons. The maximum absolute atomic E-state index is 12.7. The summed E-state index contributed by atoms with van der Waals surface area (Å²) in [5.74, 6) is 1.06. The Morgan fingerprint density at radius 2 is 1.91 bits per heavy atom. The number of carbonyl (C=O) groups excluding carboxylic acids is 1. The molecule has 128 valence electrons. The van der Waals surface area contributed by atoms with Gasteiger partial charge in [0.15, 0.2) is 0 Å². The van der Waals surface area contributed by atoms with Crippen LogP contribution in [0.2, 0.25) is 0 Å². The molecular weight excluding hydrogens is 280 g/mol. The number of nitrogens with zero attached hydrogens (tertiary/aromatic N) is 1. The molecule has 1 saturated heterocycles. The second kappa shape index (κ2) is 7.75. The van der Waals surface area contributed by atoms with E-state index in [4.69, 9.17) is 4.74 Å². The lowest BCUT2D eigenvalue weighted by Crippen LogP contribution is -2.55. The molecule has 1 atom stereocenters. The summed E-state index contributed by atoms with van der Waals surface area (Å²) in [6.45, 7) is 9.46. The quantitative estimate of drug-likeness (QED) is 0.805. The summed E-state index contributed by atoms with van der Waals surface area (Å²) in [5.41, 5.74) is -0.648. The summed E-state index contributed by atoms with van der Waals surface area (Å²) in [6, 6.07) is -0.221. The highest BCUT2D eigenvalue weighted by molar-refractivity contribution is 5.82. The van der Waals surface area contributed by atoms with Crippen molar-refractivity contribution in [3.8, 4) is 0 Å². The lowest BCUT2D eigenvalue weighted by molar-refractivity contribution is -0.139. The zero-order valence-corrected chi connectivity index (χ0v) is 14.3. The van der Waals surface area contributed by atoms with Gasteiger partial charge < -0.3 is 20.1 Å². The van der Waals surface area contributed by atoms with Crippen molar-refractivity contribution in [2.45, 2.75) is 58.1 Å². The first kappa shape index (κ1) is 17.7. The first-order chi connectivity index (χ1) is 10.4. The van der Waals surface area contributed by atoms with Crippen LogP contribution in [0.4, 0.5) is 0 Å². The van der Waals surface area contributed by atoms with Crippen LogP contribution in [0.25, 0.3) is 0 Å². The van der Waals surface area contributed by atoms with E-state index >= 15 is 0 Å². The molecule has 5 nitrogen and oxygen atoms in total. The highest BCUT2D eigenvalue weighted by Crippen LogP contribution is 2.31. The maximum Gasteiger partial charge on any atom is 0.240 e. The molecule has 2 rings (SSSR count). The Hall–Kier alpha value is -0.650. The first-order valence-corrected chi connectivity index (χ1v) is 8.73. The lowest BCUT2D eigenvalue weighted by Gasteiger charge is -2.38. The standard InChI is InChI=1S/C17H32N2O3/c1-13(2)15(16(20)19-8-10-22-11-9-19)18-12-17(21)6-4-14(3)5-7-17/h13-15,18,21H,4-12H2,1-3H3. The van der Waals surface area contributed by atoms with Gasteiger partial charge in [-0.05, 0) is 37.5 Å². The van der Waals surface area contributed by atoms with Gasteiger partial charge in [0, 0.05) is 19.6 Å². The second-order valence-electron chi connectivity index (χ2n) is 7.45. The van der Waals surface area contributed by atoms with Gasteiger partial charge in [-0.3, -0.25) is 4.79 Å². The molecule has 1 saturated carbocycles. The summed E-state index contributed by atoms with van der Waals surface area (Å²) in [5, 5.41) is 14.1. The van der Waals surface area contributed by atoms with Crippen LogP contribution in [0.15, 0.2) is 0 Å². The number of nitrogens with one attached hydrogen (secondary N) is 1. The van der Waals surface area contributed by atoms with Crippen LogP contribution in [0.5, 0.6) is 0 Å². The number of rotatable bonds is 5. The minimum absolute atomic E-state index is 0.145. The summed E-state index contributed by atoms with van der Waals surface area (Å²) >= 11 is 0. The van der Waals surface area contributed by atoms with E-state index in [-0.39, 0.29) is 17.9 Å². The Kier molecular flexibility index (Phi) is 6.24. The van der Waals surface area contributed by atoms with Crippen molar-refractivity contribution >= 4 is 5.91 Å². The molecule has 1 heterocycles. The third-order valence-electron chi connectivity index (χ3n) is 5.11. The number of morpholine rings is 1. The highest BCUT2D eigenvalue weighted by Gasteiger charge is 2.34. The van der Waals surface area contributed by atoms with Gasteiger partial charge in [0.05, 0.1) is 24.9 Å². The molecule has 0 bridgehead atoms. The molecular formula is C17H32N2O3. The van der Waals surface area contributed by atoms with Gasteiger partial charge in [-0.2, -0.15) is 0 Å². The van der Waals surface area contributed by atoms with Crippen LogP contribution in [0, 0.1) is 11.8 Å². The van der Waals surface area contributed by atoms with Gasteiger partial charge in [0.25, 0.3) is 0 Å². The van der Waals surface area contributed by atoms with Crippen molar-refractivity contribution < 1.29 is 14.6 Å². The average Bonchev–Trinajstić information content (AvgIpc) is 2.51. The molecule has 2 aliphatic rings. The van der Waals surface area contributed by atoms with Crippen molar-refractivity contribution in [2.75, 3.05) is 32.8 Å². The first-order valence-electron chi connectivity index (χ1n) is 8.73. The Labute approximate surface area is 134 Å². The van der Waals surface area contributed by atoms with E-state index in [0.29, 0.717) is 38.8 Å². The summed E-state index contributed by atoms with van der Waals surface area (Å²) in [4.78, 5) is 14.6. The SMILES string of the molecule is CC1CCC(O)(CNC(C(=O)N2CCOCC2)C(C)C)CC1. The fourth-order valence-corrected chi connectivity index (χ4v) is 3.36. The molecule has 22 heavy (non-hydrogen) atoms. The Morgan fingerprint density at radius 3 is 2.45 bits per heavy atom. The molecule has 1 amide bonds. The van der Waals surface area contributed by atoms with Crippen LogP contribution in [-0.2, 0) is 9.53 Å². The average molecular weight is 312 g/mol. The minimum Gasteiger partial charge on any atom is -0.389 e. The van der Waals surface area contributed by atoms with Crippen LogP contribution in [0.1, 0.15) is 46.5 Å². The van der Waals surface area contributed by atoms with Gasteiger partial charge in [-0.15, -0.1) is 0 Å². The van der Waals surface area contributed by atoms with Crippen LogP contribution < -0.4 is 5.32 Å². The molecule has 1 aliphatic carbocycles. The summed E-state index contributed by atoms with van der Waals surface area (Å²) < 4.78 is 5.32. The third-order valence-corrected chi connectivity index (χ3v) is 5.11. The molecule has 2 fully saturated rings. The lowest BCUT2D eigenvalue weighted by atomic mass is 9.79. The number of ether oxygens (including phenoxy) is 1. The van der Waals surface area contributed by atoms with E-state index in [9.17, 15) is 9.90 Å². The fraction of sp³-hybridized carbons (Fsp3) is 0.941. The van der Waals surface area contributed by atoms with Crippen LogP contribution >= 0.6 is 0 Å². The number of carbonyl (C=O) groups is 1. The van der Waals surface area contributed by atoms with E-state index in [2.05, 4.69) is 26.1 Å². The summed E-state index contributed by atoms with van der Waals surface area (Å²) in [7, 11) is 0. The second-order valence-corrected chi connectivity index (χ2v) is 7.45. The van der Waals surface area contributed by atoms with Gasteiger partial charge in [0.1, 0.15) is 0 Å². The van der Waals surface area contributed by atoms with Crippen LogP contribution in [0.3, 0.4) is 0 Å². The van der Waals surface area contributed by atoms with Crippen molar-refractivity contribution in [1.82, 2.24) is 10.2 Å². The van der Waals surface area contributed by atoms with Crippen molar-refractivity contribution in [1.29, 1.82) is 0 Å². The normalized spacial score (nSPS) is 31.3. The smallest absolute Gasteiger partial charge is 0.240 e. The predicted molar refractivity (Wildman–Crippen MR) is 86.6 cm³/mol. The van der Waals surface area contributed by atoms with Crippen molar-refractivity contribution in [3.63, 3.8) is 0 Å². The molecule has 0 aromatic heterocycles. The molecule has 0 aromatic carbocycles. The molecule has 2 N–H and O–H groups in total. The topological polar surface area (TPSA) is 61.8 Å². The molecule has 1 aliphatic heterocycles.